The van der Waals surface area contributed by atoms with Crippen LogP contribution in [0, 0.1) is 13.8 Å². The van der Waals surface area contributed by atoms with Gasteiger partial charge in [-0.25, -0.2) is 15.0 Å². The Hall–Kier alpha value is -2.45. The van der Waals surface area contributed by atoms with Crippen LogP contribution in [0.4, 0.5) is 16.8 Å². The van der Waals surface area contributed by atoms with Crippen molar-refractivity contribution in [2.45, 2.75) is 25.2 Å². The first kappa shape index (κ1) is 18.3. The monoisotopic (exact) mass is 385 g/mol. The second-order valence-electron chi connectivity index (χ2n) is 5.70. The highest BCUT2D eigenvalue weighted by Crippen LogP contribution is 2.21. The maximum Gasteiger partial charge on any atom is 0.230 e. The normalized spacial score (nSPS) is 10.6. The van der Waals surface area contributed by atoms with Crippen LogP contribution in [-0.4, -0.2) is 27.1 Å². The first-order valence-electron chi connectivity index (χ1n) is 7.99. The summed E-state index contributed by atoms with van der Waals surface area (Å²) < 4.78 is 0. The first-order valence-corrected chi connectivity index (χ1v) is 10.1. The summed E-state index contributed by atoms with van der Waals surface area (Å²) in [7, 11) is 0. The van der Waals surface area contributed by atoms with Crippen LogP contribution in [0.15, 0.2) is 40.6 Å². The van der Waals surface area contributed by atoms with Crippen molar-refractivity contribution in [1.29, 1.82) is 0 Å². The molecule has 0 fully saturated rings. The van der Waals surface area contributed by atoms with E-state index in [1.54, 1.807) is 11.8 Å². The van der Waals surface area contributed by atoms with E-state index in [9.17, 15) is 4.79 Å². The molecule has 0 aliphatic carbocycles. The molecule has 8 heteroatoms. The van der Waals surface area contributed by atoms with E-state index >= 15 is 0 Å². The van der Waals surface area contributed by atoms with Gasteiger partial charge in [-0.3, -0.25) is 4.79 Å². The van der Waals surface area contributed by atoms with Crippen LogP contribution in [0.3, 0.4) is 0 Å². The number of hydrogen-bond acceptors (Lipinski definition) is 7. The van der Waals surface area contributed by atoms with Crippen molar-refractivity contribution in [1.82, 2.24) is 15.0 Å². The molecule has 0 spiro atoms. The molecule has 2 N–H and O–H groups in total. The zero-order valence-corrected chi connectivity index (χ0v) is 16.4. The van der Waals surface area contributed by atoms with E-state index in [0.29, 0.717) is 16.8 Å². The van der Waals surface area contributed by atoms with Crippen molar-refractivity contribution in [3.63, 3.8) is 0 Å². The summed E-state index contributed by atoms with van der Waals surface area (Å²) in [6.45, 7) is 3.84. The number of hydrogen-bond donors (Lipinski definition) is 2. The molecule has 6 nitrogen and oxygen atoms in total. The summed E-state index contributed by atoms with van der Waals surface area (Å²) in [5.74, 6) is 0.420. The van der Waals surface area contributed by atoms with Gasteiger partial charge in [-0.1, -0.05) is 0 Å². The highest BCUT2D eigenvalue weighted by molar-refractivity contribution is 7.98. The third-order valence-corrected chi connectivity index (χ3v) is 5.02. The Morgan fingerprint density at radius 2 is 1.81 bits per heavy atom. The lowest BCUT2D eigenvalue weighted by Crippen LogP contribution is -2.14. The van der Waals surface area contributed by atoms with Crippen molar-refractivity contribution in [3.8, 4) is 0 Å². The molecule has 3 rings (SSSR count). The van der Waals surface area contributed by atoms with Gasteiger partial charge in [0.25, 0.3) is 0 Å². The summed E-state index contributed by atoms with van der Waals surface area (Å²) in [6, 6.07) is 9.67. The van der Waals surface area contributed by atoms with Crippen molar-refractivity contribution in [2.24, 2.45) is 0 Å². The summed E-state index contributed by atoms with van der Waals surface area (Å²) >= 11 is 3.09. The van der Waals surface area contributed by atoms with Crippen molar-refractivity contribution in [3.05, 3.63) is 52.8 Å². The maximum atomic E-state index is 12.2. The standard InChI is InChI=1S/C18H19N5OS2/c1-11-8-12(2)20-17(19-11)23-18-22-14(10-26-18)9-16(24)21-13-4-6-15(25-3)7-5-13/h4-8,10H,9H2,1-3H3,(H,21,24)(H,19,20,22,23). The molecule has 0 saturated carbocycles. The lowest BCUT2D eigenvalue weighted by Gasteiger charge is -2.05. The van der Waals surface area contributed by atoms with Gasteiger partial charge in [0.1, 0.15) is 0 Å². The van der Waals surface area contributed by atoms with Crippen molar-refractivity contribution in [2.75, 3.05) is 16.9 Å². The number of nitrogens with zero attached hydrogens (tertiary/aromatic N) is 3. The Kier molecular flexibility index (Phi) is 5.85. The number of nitrogens with one attached hydrogen (secondary N) is 2. The number of anilines is 3. The lowest BCUT2D eigenvalue weighted by atomic mass is 10.3. The van der Waals surface area contributed by atoms with Gasteiger partial charge >= 0.3 is 0 Å². The zero-order chi connectivity index (χ0) is 18.5. The number of carbonyl (C=O) groups is 1. The summed E-state index contributed by atoms with van der Waals surface area (Å²) in [5, 5.41) is 8.51. The molecule has 3 aromatic rings. The average molecular weight is 386 g/mol. The minimum Gasteiger partial charge on any atom is -0.326 e. The molecule has 1 amide bonds. The Morgan fingerprint density at radius 1 is 1.12 bits per heavy atom. The van der Waals surface area contributed by atoms with Crippen LogP contribution >= 0.6 is 23.1 Å². The number of rotatable bonds is 6. The third-order valence-electron chi connectivity index (χ3n) is 3.47. The van der Waals surface area contributed by atoms with Gasteiger partial charge in [0, 0.05) is 27.4 Å². The van der Waals surface area contributed by atoms with Crippen LogP contribution in [0.2, 0.25) is 0 Å². The van der Waals surface area contributed by atoms with E-state index in [0.717, 1.165) is 22.0 Å². The van der Waals surface area contributed by atoms with Gasteiger partial charge in [0.05, 0.1) is 12.1 Å². The van der Waals surface area contributed by atoms with Crippen LogP contribution in [0.25, 0.3) is 0 Å². The van der Waals surface area contributed by atoms with Crippen LogP contribution in [0.5, 0.6) is 0 Å². The molecule has 0 radical (unpaired) electrons. The van der Waals surface area contributed by atoms with E-state index in [4.69, 9.17) is 0 Å². The van der Waals surface area contributed by atoms with Gasteiger partial charge in [-0.2, -0.15) is 0 Å². The lowest BCUT2D eigenvalue weighted by molar-refractivity contribution is -0.115. The summed E-state index contributed by atoms with van der Waals surface area (Å²) in [6.07, 6.45) is 2.24. The van der Waals surface area contributed by atoms with Crippen molar-refractivity contribution < 1.29 is 4.79 Å². The smallest absolute Gasteiger partial charge is 0.230 e. The highest BCUT2D eigenvalue weighted by Gasteiger charge is 2.09. The van der Waals surface area contributed by atoms with E-state index in [1.807, 2.05) is 55.8 Å². The Morgan fingerprint density at radius 3 is 2.46 bits per heavy atom. The van der Waals surface area contributed by atoms with Crippen molar-refractivity contribution >= 4 is 45.8 Å². The Balaban J connectivity index is 1.59. The number of aromatic nitrogens is 3. The summed E-state index contributed by atoms with van der Waals surface area (Å²) in [5.41, 5.74) is 3.28. The van der Waals surface area contributed by atoms with Gasteiger partial charge < -0.3 is 10.6 Å². The average Bonchev–Trinajstić information content (AvgIpc) is 3.01. The Bertz CT molecular complexity index is 888. The van der Waals surface area contributed by atoms with Gasteiger partial charge in [-0.15, -0.1) is 23.1 Å². The molecular weight excluding hydrogens is 366 g/mol. The van der Waals surface area contributed by atoms with E-state index in [2.05, 4.69) is 25.6 Å². The number of amides is 1. The van der Waals surface area contributed by atoms with Crippen LogP contribution in [0.1, 0.15) is 17.1 Å². The van der Waals surface area contributed by atoms with E-state index in [-0.39, 0.29) is 12.3 Å². The fourth-order valence-corrected chi connectivity index (χ4v) is 3.48. The molecule has 0 aliphatic heterocycles. The topological polar surface area (TPSA) is 79.8 Å². The molecule has 0 atom stereocenters. The number of benzene rings is 1. The predicted octanol–water partition coefficient (Wildman–Crippen LogP) is 4.20. The Labute approximate surface area is 160 Å². The van der Waals surface area contributed by atoms with Gasteiger partial charge in [0.2, 0.25) is 11.9 Å². The molecule has 0 saturated heterocycles. The largest absolute Gasteiger partial charge is 0.326 e. The number of thioether (sulfide) groups is 1. The molecule has 1 aromatic carbocycles. The molecule has 134 valence electrons. The first-order chi connectivity index (χ1) is 12.5. The second kappa shape index (κ2) is 8.29. The zero-order valence-electron chi connectivity index (χ0n) is 14.7. The minimum atomic E-state index is -0.0959. The molecule has 2 heterocycles. The number of aryl methyl sites for hydroxylation is 2. The predicted molar refractivity (Wildman–Crippen MR) is 107 cm³/mol. The molecule has 2 aromatic heterocycles. The number of thiazole rings is 1. The highest BCUT2D eigenvalue weighted by atomic mass is 32.2. The third kappa shape index (κ3) is 5.03. The SMILES string of the molecule is CSc1ccc(NC(=O)Cc2csc(Nc3nc(C)cc(C)n3)n2)cc1. The minimum absolute atomic E-state index is 0.0959. The maximum absolute atomic E-state index is 12.2. The summed E-state index contributed by atoms with van der Waals surface area (Å²) in [4.78, 5) is 26.5. The molecule has 0 unspecified atom stereocenters. The van der Waals surface area contributed by atoms with E-state index < -0.39 is 0 Å². The molecule has 0 aliphatic rings. The molecule has 26 heavy (non-hydrogen) atoms. The van der Waals surface area contributed by atoms with E-state index in [1.165, 1.54) is 11.3 Å². The fraction of sp³-hybridized carbons (Fsp3) is 0.222. The number of carbonyl (C=O) groups excluding carboxylic acids is 1. The molecular formula is C18H19N5OS2. The van der Waals surface area contributed by atoms with Gasteiger partial charge in [-0.05, 0) is 50.4 Å². The van der Waals surface area contributed by atoms with Crippen LogP contribution in [-0.2, 0) is 11.2 Å². The second-order valence-corrected chi connectivity index (χ2v) is 7.43. The molecule has 0 bridgehead atoms. The quantitative estimate of drug-likeness (QED) is 0.619. The fourth-order valence-electron chi connectivity index (χ4n) is 2.37. The van der Waals surface area contributed by atoms with Gasteiger partial charge in [0.15, 0.2) is 5.13 Å². The van der Waals surface area contributed by atoms with Crippen LogP contribution < -0.4 is 10.6 Å².